The van der Waals surface area contributed by atoms with E-state index in [-0.39, 0.29) is 6.61 Å². The minimum absolute atomic E-state index is 0.281. The van der Waals surface area contributed by atoms with Crippen LogP contribution in [0.25, 0.3) is 0 Å². The maximum atomic E-state index is 8.97. The molecule has 0 spiro atoms. The average molecular weight is 319 g/mol. The van der Waals surface area contributed by atoms with Gasteiger partial charge in [-0.05, 0) is 39.2 Å². The minimum Gasteiger partial charge on any atom is -0.396 e. The highest BCUT2D eigenvalue weighted by atomic mass is 16.3. The summed E-state index contributed by atoms with van der Waals surface area (Å²) in [6, 6.07) is 2.78. The molecule has 1 aromatic heterocycles. The van der Waals surface area contributed by atoms with Gasteiger partial charge in [0.1, 0.15) is 18.0 Å². The van der Waals surface area contributed by atoms with E-state index in [0.717, 1.165) is 63.6 Å². The Hall–Kier alpha value is -1.40. The molecule has 6 nitrogen and oxygen atoms in total. The Balaban J connectivity index is 1.56. The molecule has 2 saturated heterocycles. The molecule has 0 saturated carbocycles. The lowest BCUT2D eigenvalue weighted by atomic mass is 10.0. The summed E-state index contributed by atoms with van der Waals surface area (Å²) in [5, 5.41) is 8.97. The molecular formula is C17H29N5O. The summed E-state index contributed by atoms with van der Waals surface area (Å²) < 4.78 is 0. The lowest BCUT2D eigenvalue weighted by Crippen LogP contribution is -2.44. The van der Waals surface area contributed by atoms with E-state index < -0.39 is 0 Å². The first kappa shape index (κ1) is 16.5. The number of anilines is 2. The van der Waals surface area contributed by atoms with Crippen LogP contribution >= 0.6 is 0 Å². The third-order valence-electron chi connectivity index (χ3n) is 5.15. The Morgan fingerprint density at radius 3 is 2.30 bits per heavy atom. The van der Waals surface area contributed by atoms with E-state index >= 15 is 0 Å². The highest BCUT2D eigenvalue weighted by Gasteiger charge is 2.23. The topological polar surface area (TPSA) is 55.7 Å². The SMILES string of the molecule is CN(CCCO)C1CCN(c2cc(N3CCCC3)ncn2)CC1. The van der Waals surface area contributed by atoms with Crippen LogP contribution < -0.4 is 9.80 Å². The zero-order valence-electron chi connectivity index (χ0n) is 14.2. The molecule has 0 atom stereocenters. The van der Waals surface area contributed by atoms with E-state index in [1.165, 1.54) is 12.8 Å². The Kier molecular flexibility index (Phi) is 5.67. The van der Waals surface area contributed by atoms with Crippen molar-refractivity contribution in [1.29, 1.82) is 0 Å². The van der Waals surface area contributed by atoms with Gasteiger partial charge in [0.05, 0.1) is 0 Å². The molecule has 6 heteroatoms. The van der Waals surface area contributed by atoms with Gasteiger partial charge in [0.2, 0.25) is 0 Å². The molecule has 0 radical (unpaired) electrons. The van der Waals surface area contributed by atoms with Gasteiger partial charge in [-0.15, -0.1) is 0 Å². The van der Waals surface area contributed by atoms with Gasteiger partial charge in [-0.25, -0.2) is 9.97 Å². The van der Waals surface area contributed by atoms with Gasteiger partial charge in [0, 0.05) is 51.4 Å². The molecule has 0 unspecified atom stereocenters. The fourth-order valence-corrected chi connectivity index (χ4v) is 3.67. The summed E-state index contributed by atoms with van der Waals surface area (Å²) in [5.74, 6) is 2.15. The van der Waals surface area contributed by atoms with Crippen LogP contribution in [0, 0.1) is 0 Å². The van der Waals surface area contributed by atoms with Gasteiger partial charge in [0.25, 0.3) is 0 Å². The summed E-state index contributed by atoms with van der Waals surface area (Å²) in [7, 11) is 2.17. The summed E-state index contributed by atoms with van der Waals surface area (Å²) in [4.78, 5) is 16.1. The molecule has 23 heavy (non-hydrogen) atoms. The van der Waals surface area contributed by atoms with Crippen LogP contribution in [-0.4, -0.2) is 72.4 Å². The molecule has 128 valence electrons. The third kappa shape index (κ3) is 4.12. The maximum Gasteiger partial charge on any atom is 0.134 e. The second-order valence-electron chi connectivity index (χ2n) is 6.70. The molecule has 3 heterocycles. The first-order valence-electron chi connectivity index (χ1n) is 8.91. The van der Waals surface area contributed by atoms with Crippen LogP contribution in [-0.2, 0) is 0 Å². The van der Waals surface area contributed by atoms with Crippen LogP contribution in [0.1, 0.15) is 32.1 Å². The standard InChI is InChI=1S/C17H29N5O/c1-20(7-4-12-23)15-5-10-22(11-6-15)17-13-16(18-14-19-17)21-8-2-3-9-21/h13-15,23H,2-12H2,1H3. The Morgan fingerprint density at radius 1 is 1.09 bits per heavy atom. The van der Waals surface area contributed by atoms with Gasteiger partial charge in [-0.3, -0.25) is 0 Å². The monoisotopic (exact) mass is 319 g/mol. The summed E-state index contributed by atoms with van der Waals surface area (Å²) in [5.41, 5.74) is 0. The zero-order chi connectivity index (χ0) is 16.1. The van der Waals surface area contributed by atoms with E-state index in [2.05, 4.69) is 37.8 Å². The first-order valence-corrected chi connectivity index (χ1v) is 8.91. The predicted molar refractivity (Wildman–Crippen MR) is 93.0 cm³/mol. The summed E-state index contributed by atoms with van der Waals surface area (Å²) >= 11 is 0. The molecular weight excluding hydrogens is 290 g/mol. The van der Waals surface area contributed by atoms with E-state index in [1.54, 1.807) is 6.33 Å². The molecule has 2 aliphatic heterocycles. The largest absolute Gasteiger partial charge is 0.396 e. The number of aliphatic hydroxyl groups is 1. The van der Waals surface area contributed by atoms with Crippen molar-refractivity contribution >= 4 is 11.6 Å². The summed E-state index contributed by atoms with van der Waals surface area (Å²) in [6.45, 7) is 5.59. The molecule has 0 amide bonds. The number of hydrogen-bond acceptors (Lipinski definition) is 6. The van der Waals surface area contributed by atoms with Gasteiger partial charge in [-0.2, -0.15) is 0 Å². The molecule has 1 N–H and O–H groups in total. The van der Waals surface area contributed by atoms with Crippen molar-refractivity contribution in [1.82, 2.24) is 14.9 Å². The molecule has 0 aromatic carbocycles. The zero-order valence-corrected chi connectivity index (χ0v) is 14.2. The maximum absolute atomic E-state index is 8.97. The number of hydrogen-bond donors (Lipinski definition) is 1. The molecule has 1 aromatic rings. The number of rotatable bonds is 6. The van der Waals surface area contributed by atoms with Gasteiger partial charge in [0.15, 0.2) is 0 Å². The number of aromatic nitrogens is 2. The molecule has 2 aliphatic rings. The first-order chi connectivity index (χ1) is 11.3. The van der Waals surface area contributed by atoms with Crippen LogP contribution in [0.3, 0.4) is 0 Å². The lowest BCUT2D eigenvalue weighted by molar-refractivity contribution is 0.184. The van der Waals surface area contributed by atoms with Crippen molar-refractivity contribution in [2.75, 3.05) is 56.2 Å². The second-order valence-corrected chi connectivity index (χ2v) is 6.70. The van der Waals surface area contributed by atoms with Crippen molar-refractivity contribution in [3.05, 3.63) is 12.4 Å². The highest BCUT2D eigenvalue weighted by molar-refractivity contribution is 5.50. The lowest BCUT2D eigenvalue weighted by Gasteiger charge is -2.37. The fraction of sp³-hybridized carbons (Fsp3) is 0.765. The number of piperidine rings is 1. The van der Waals surface area contributed by atoms with Crippen molar-refractivity contribution in [3.8, 4) is 0 Å². The predicted octanol–water partition coefficient (Wildman–Crippen LogP) is 1.36. The van der Waals surface area contributed by atoms with E-state index in [0.29, 0.717) is 6.04 Å². The van der Waals surface area contributed by atoms with E-state index in [9.17, 15) is 0 Å². The third-order valence-corrected chi connectivity index (χ3v) is 5.15. The Morgan fingerprint density at radius 2 is 1.70 bits per heavy atom. The Labute approximate surface area is 139 Å². The highest BCUT2D eigenvalue weighted by Crippen LogP contribution is 2.24. The molecule has 2 fully saturated rings. The minimum atomic E-state index is 0.281. The smallest absolute Gasteiger partial charge is 0.134 e. The average Bonchev–Trinajstić information content (AvgIpc) is 3.14. The normalized spacial score (nSPS) is 19.8. The van der Waals surface area contributed by atoms with Crippen molar-refractivity contribution in [2.24, 2.45) is 0 Å². The van der Waals surface area contributed by atoms with Crippen molar-refractivity contribution in [3.63, 3.8) is 0 Å². The molecule has 0 bridgehead atoms. The second kappa shape index (κ2) is 7.93. The van der Waals surface area contributed by atoms with Crippen LogP contribution in [0.2, 0.25) is 0 Å². The van der Waals surface area contributed by atoms with Crippen molar-refractivity contribution in [2.45, 2.75) is 38.1 Å². The number of aliphatic hydroxyl groups excluding tert-OH is 1. The Bertz CT molecular complexity index is 484. The van der Waals surface area contributed by atoms with E-state index in [1.807, 2.05) is 0 Å². The van der Waals surface area contributed by atoms with Crippen LogP contribution in [0.5, 0.6) is 0 Å². The number of nitrogens with zero attached hydrogens (tertiary/aromatic N) is 5. The van der Waals surface area contributed by atoms with Crippen LogP contribution in [0.15, 0.2) is 12.4 Å². The van der Waals surface area contributed by atoms with Gasteiger partial charge >= 0.3 is 0 Å². The van der Waals surface area contributed by atoms with Crippen LogP contribution in [0.4, 0.5) is 11.6 Å². The fourth-order valence-electron chi connectivity index (χ4n) is 3.67. The summed E-state index contributed by atoms with van der Waals surface area (Å²) in [6.07, 6.45) is 7.43. The van der Waals surface area contributed by atoms with E-state index in [4.69, 9.17) is 5.11 Å². The molecule has 0 aliphatic carbocycles. The van der Waals surface area contributed by atoms with Gasteiger partial charge < -0.3 is 19.8 Å². The quantitative estimate of drug-likeness (QED) is 0.854. The van der Waals surface area contributed by atoms with Gasteiger partial charge in [-0.1, -0.05) is 0 Å². The molecule has 3 rings (SSSR count). The van der Waals surface area contributed by atoms with Crippen molar-refractivity contribution < 1.29 is 5.11 Å².